The molecule has 3 rings (SSSR count). The first kappa shape index (κ1) is 17.8. The minimum atomic E-state index is -1.11. The van der Waals surface area contributed by atoms with E-state index in [0.29, 0.717) is 17.9 Å². The van der Waals surface area contributed by atoms with Gasteiger partial charge in [-0.15, -0.1) is 0 Å². The van der Waals surface area contributed by atoms with Crippen molar-refractivity contribution < 1.29 is 33.0 Å². The summed E-state index contributed by atoms with van der Waals surface area (Å²) in [5, 5.41) is 8.99. The van der Waals surface area contributed by atoms with Gasteiger partial charge in [-0.05, 0) is 36.4 Å². The van der Waals surface area contributed by atoms with Crippen molar-refractivity contribution in [3.8, 4) is 11.5 Å². The van der Waals surface area contributed by atoms with Gasteiger partial charge in [0.1, 0.15) is 11.5 Å². The van der Waals surface area contributed by atoms with Gasteiger partial charge in [0, 0.05) is 18.2 Å². The molecule has 136 valence electrons. The Balaban J connectivity index is 1.67. The Labute approximate surface area is 147 Å². The highest BCUT2D eigenvalue weighted by atomic mass is 19.2. The second-order valence-electron chi connectivity index (χ2n) is 5.65. The Bertz CT molecular complexity index is 825. The highest BCUT2D eigenvalue weighted by Crippen LogP contribution is 2.24. The molecule has 1 saturated heterocycles. The van der Waals surface area contributed by atoms with E-state index in [2.05, 4.69) is 0 Å². The van der Waals surface area contributed by atoms with Crippen LogP contribution >= 0.6 is 0 Å². The molecule has 0 spiro atoms. The number of morpholine rings is 1. The summed E-state index contributed by atoms with van der Waals surface area (Å²) in [6.07, 6.45) is -1.04. The zero-order valence-electron chi connectivity index (χ0n) is 13.5. The number of halogens is 2. The first-order chi connectivity index (χ1) is 12.4. The van der Waals surface area contributed by atoms with Gasteiger partial charge < -0.3 is 19.5 Å². The smallest absolute Gasteiger partial charge is 0.334 e. The van der Waals surface area contributed by atoms with Crippen LogP contribution in [-0.4, -0.2) is 47.7 Å². The van der Waals surface area contributed by atoms with E-state index in [1.165, 1.54) is 35.2 Å². The highest BCUT2D eigenvalue weighted by Gasteiger charge is 2.29. The van der Waals surface area contributed by atoms with Crippen molar-refractivity contribution in [3.63, 3.8) is 0 Å². The fraction of sp³-hybridized carbons (Fsp3) is 0.222. The van der Waals surface area contributed by atoms with Crippen LogP contribution in [0.5, 0.6) is 11.5 Å². The van der Waals surface area contributed by atoms with Crippen molar-refractivity contribution in [1.82, 2.24) is 4.90 Å². The number of hydrogen-bond donors (Lipinski definition) is 1. The number of nitrogens with zero attached hydrogens (tertiary/aromatic N) is 1. The lowest BCUT2D eigenvalue weighted by atomic mass is 10.1. The van der Waals surface area contributed by atoms with Gasteiger partial charge in [0.25, 0.3) is 5.91 Å². The van der Waals surface area contributed by atoms with Crippen LogP contribution in [0.4, 0.5) is 8.78 Å². The molecule has 1 heterocycles. The average molecular weight is 363 g/mol. The quantitative estimate of drug-likeness (QED) is 0.904. The summed E-state index contributed by atoms with van der Waals surface area (Å²) >= 11 is 0. The molecular weight excluding hydrogens is 348 g/mol. The SMILES string of the molecule is O=C(O)C1CN(C(=O)c2ccc(Oc3ccc(F)c(F)c3)cc2)CCO1. The van der Waals surface area contributed by atoms with Crippen LogP contribution in [0.2, 0.25) is 0 Å². The predicted molar refractivity (Wildman–Crippen MR) is 86.2 cm³/mol. The first-order valence-corrected chi connectivity index (χ1v) is 7.80. The van der Waals surface area contributed by atoms with E-state index >= 15 is 0 Å². The van der Waals surface area contributed by atoms with Crippen molar-refractivity contribution in [1.29, 1.82) is 0 Å². The summed E-state index contributed by atoms with van der Waals surface area (Å²) in [4.78, 5) is 24.9. The van der Waals surface area contributed by atoms with Crippen LogP contribution in [0.15, 0.2) is 42.5 Å². The molecule has 8 heteroatoms. The Morgan fingerprint density at radius 3 is 2.42 bits per heavy atom. The molecule has 1 atom stereocenters. The fourth-order valence-corrected chi connectivity index (χ4v) is 2.51. The molecule has 1 aliphatic rings. The zero-order chi connectivity index (χ0) is 18.7. The molecular formula is C18H15F2NO5. The van der Waals surface area contributed by atoms with Crippen molar-refractivity contribution in [2.45, 2.75) is 6.10 Å². The third-order valence-electron chi connectivity index (χ3n) is 3.86. The third kappa shape index (κ3) is 3.97. The molecule has 1 amide bonds. The molecule has 6 nitrogen and oxygen atoms in total. The Kier molecular flexibility index (Phi) is 5.13. The second kappa shape index (κ2) is 7.49. The van der Waals surface area contributed by atoms with Crippen LogP contribution in [0.3, 0.4) is 0 Å². The van der Waals surface area contributed by atoms with Crippen molar-refractivity contribution in [2.75, 3.05) is 19.7 Å². The number of carbonyl (C=O) groups is 2. The number of carboxylic acids is 1. The molecule has 0 bridgehead atoms. The first-order valence-electron chi connectivity index (χ1n) is 7.80. The van der Waals surface area contributed by atoms with Crippen LogP contribution in [0.1, 0.15) is 10.4 Å². The maximum absolute atomic E-state index is 13.2. The van der Waals surface area contributed by atoms with Gasteiger partial charge in [-0.3, -0.25) is 4.79 Å². The highest BCUT2D eigenvalue weighted by molar-refractivity contribution is 5.94. The van der Waals surface area contributed by atoms with Crippen LogP contribution in [-0.2, 0) is 9.53 Å². The summed E-state index contributed by atoms with van der Waals surface area (Å²) < 4.78 is 36.6. The van der Waals surface area contributed by atoms with Crippen molar-refractivity contribution in [3.05, 3.63) is 59.7 Å². The lowest BCUT2D eigenvalue weighted by Crippen LogP contribution is -2.48. The summed E-state index contributed by atoms with van der Waals surface area (Å²) in [5.41, 5.74) is 0.355. The monoisotopic (exact) mass is 363 g/mol. The molecule has 26 heavy (non-hydrogen) atoms. The number of carboxylic acid groups (broad SMARTS) is 1. The van der Waals surface area contributed by atoms with Crippen LogP contribution < -0.4 is 4.74 Å². The standard InChI is InChI=1S/C18H15F2NO5/c19-14-6-5-13(9-15(14)20)26-12-3-1-11(2-4-12)17(22)21-7-8-25-16(10-21)18(23)24/h1-6,9,16H,7-8,10H2,(H,23,24). The van der Waals surface area contributed by atoms with E-state index in [1.807, 2.05) is 0 Å². The van der Waals surface area contributed by atoms with E-state index in [0.717, 1.165) is 12.1 Å². The van der Waals surface area contributed by atoms with Gasteiger partial charge >= 0.3 is 5.97 Å². The maximum atomic E-state index is 13.2. The van der Waals surface area contributed by atoms with E-state index in [1.54, 1.807) is 0 Å². The Morgan fingerprint density at radius 2 is 1.77 bits per heavy atom. The lowest BCUT2D eigenvalue weighted by Gasteiger charge is -2.30. The van der Waals surface area contributed by atoms with Crippen LogP contribution in [0.25, 0.3) is 0 Å². The third-order valence-corrected chi connectivity index (χ3v) is 3.86. The second-order valence-corrected chi connectivity index (χ2v) is 5.65. The summed E-state index contributed by atoms with van der Waals surface area (Å²) in [5.74, 6) is -2.95. The van der Waals surface area contributed by atoms with Crippen LogP contribution in [0, 0.1) is 11.6 Å². The number of aliphatic carboxylic acids is 1. The van der Waals surface area contributed by atoms with Crippen molar-refractivity contribution >= 4 is 11.9 Å². The number of rotatable bonds is 4. The number of ether oxygens (including phenoxy) is 2. The number of amides is 1. The topological polar surface area (TPSA) is 76.1 Å². The Morgan fingerprint density at radius 1 is 1.08 bits per heavy atom. The van der Waals surface area contributed by atoms with Gasteiger partial charge in [0.2, 0.25) is 0 Å². The normalized spacial score (nSPS) is 17.0. The maximum Gasteiger partial charge on any atom is 0.334 e. The molecule has 1 N–H and O–H groups in total. The largest absolute Gasteiger partial charge is 0.479 e. The molecule has 1 unspecified atom stereocenters. The molecule has 0 aliphatic carbocycles. The molecule has 0 aromatic heterocycles. The van der Waals surface area contributed by atoms with E-state index in [9.17, 15) is 18.4 Å². The van der Waals surface area contributed by atoms with Gasteiger partial charge in [-0.1, -0.05) is 0 Å². The number of carbonyl (C=O) groups excluding carboxylic acids is 1. The average Bonchev–Trinajstić information content (AvgIpc) is 2.65. The van der Waals surface area contributed by atoms with Gasteiger partial charge in [-0.2, -0.15) is 0 Å². The van der Waals surface area contributed by atoms with Gasteiger partial charge in [-0.25, -0.2) is 13.6 Å². The summed E-state index contributed by atoms with van der Waals surface area (Å²) in [6.45, 7) is 0.428. The van der Waals surface area contributed by atoms with Gasteiger partial charge in [0.05, 0.1) is 13.2 Å². The van der Waals surface area contributed by atoms with E-state index in [-0.39, 0.29) is 24.8 Å². The Hall–Kier alpha value is -3.00. The zero-order valence-corrected chi connectivity index (χ0v) is 13.5. The van der Waals surface area contributed by atoms with E-state index < -0.39 is 23.7 Å². The molecule has 0 saturated carbocycles. The fourth-order valence-electron chi connectivity index (χ4n) is 2.51. The van der Waals surface area contributed by atoms with Crippen molar-refractivity contribution in [2.24, 2.45) is 0 Å². The predicted octanol–water partition coefficient (Wildman–Crippen LogP) is 2.68. The molecule has 0 radical (unpaired) electrons. The number of hydrogen-bond acceptors (Lipinski definition) is 4. The molecule has 2 aromatic rings. The summed E-state index contributed by atoms with van der Waals surface area (Å²) in [6, 6.07) is 9.24. The minimum absolute atomic E-state index is 0.0265. The molecule has 1 aliphatic heterocycles. The van der Waals surface area contributed by atoms with E-state index in [4.69, 9.17) is 14.6 Å². The summed E-state index contributed by atoms with van der Waals surface area (Å²) in [7, 11) is 0. The lowest BCUT2D eigenvalue weighted by molar-refractivity contribution is -0.154. The minimum Gasteiger partial charge on any atom is -0.479 e. The number of benzene rings is 2. The van der Waals surface area contributed by atoms with Gasteiger partial charge in [0.15, 0.2) is 17.7 Å². The molecule has 2 aromatic carbocycles. The molecule has 1 fully saturated rings.